The lowest BCUT2D eigenvalue weighted by Crippen LogP contribution is -2.38. The fourth-order valence-electron chi connectivity index (χ4n) is 3.53. The van der Waals surface area contributed by atoms with Crippen LogP contribution in [0.3, 0.4) is 0 Å². The Labute approximate surface area is 172 Å². The van der Waals surface area contributed by atoms with Gasteiger partial charge in [0.15, 0.2) is 0 Å². The molecule has 160 valence electrons. The Morgan fingerprint density at radius 2 is 1.79 bits per heavy atom. The van der Waals surface area contributed by atoms with E-state index < -0.39 is 19.6 Å². The first kappa shape index (κ1) is 22.1. The molecule has 1 aliphatic rings. The molecule has 0 saturated heterocycles. The normalized spacial score (nSPS) is 18.7. The zero-order valence-corrected chi connectivity index (χ0v) is 18.5. The van der Waals surface area contributed by atoms with Crippen LogP contribution in [0.2, 0.25) is 25.7 Å². The summed E-state index contributed by atoms with van der Waals surface area (Å²) in [6, 6.07) is 4.87. The largest absolute Gasteiger partial charge is 0.382 e. The highest BCUT2D eigenvalue weighted by molar-refractivity contribution is 6.76. The van der Waals surface area contributed by atoms with E-state index in [1.54, 1.807) is 17.0 Å². The molecule has 5 nitrogen and oxygen atoms in total. The second-order valence-electron chi connectivity index (χ2n) is 9.29. The van der Waals surface area contributed by atoms with Gasteiger partial charge in [-0.05, 0) is 36.6 Å². The third-order valence-electron chi connectivity index (χ3n) is 5.41. The molecule has 0 radical (unpaired) electrons. The maximum atomic E-state index is 13.7. The topological polar surface area (TPSA) is 60.2 Å². The molecule has 2 aromatic rings. The molecule has 1 saturated carbocycles. The summed E-state index contributed by atoms with van der Waals surface area (Å²) >= 11 is 0. The van der Waals surface area contributed by atoms with Crippen molar-refractivity contribution >= 4 is 8.07 Å². The number of ether oxygens (including phenoxy) is 1. The number of hydrogen-bond donors (Lipinski definition) is 1. The van der Waals surface area contributed by atoms with Gasteiger partial charge < -0.3 is 14.4 Å². The Bertz CT molecular complexity index is 796. The van der Waals surface area contributed by atoms with Gasteiger partial charge in [0.1, 0.15) is 18.2 Å². The van der Waals surface area contributed by atoms with E-state index in [0.717, 1.165) is 17.3 Å². The number of halogens is 2. The summed E-state index contributed by atoms with van der Waals surface area (Å²) in [5, 5.41) is 11.1. The number of alkyl halides is 2. The zero-order chi connectivity index (χ0) is 21.1. The maximum Gasteiger partial charge on any atom is 0.248 e. The van der Waals surface area contributed by atoms with Crippen molar-refractivity contribution in [2.45, 2.75) is 76.0 Å². The molecule has 0 spiro atoms. The van der Waals surface area contributed by atoms with Crippen LogP contribution in [0.25, 0.3) is 0 Å². The number of pyridine rings is 1. The highest BCUT2D eigenvalue weighted by Gasteiger charge is 2.45. The third-order valence-corrected chi connectivity index (χ3v) is 7.12. The monoisotopic (exact) mass is 423 g/mol. The number of imidazole rings is 1. The second kappa shape index (κ2) is 8.61. The van der Waals surface area contributed by atoms with E-state index in [1.165, 1.54) is 0 Å². The Hall–Kier alpha value is -1.64. The van der Waals surface area contributed by atoms with E-state index in [2.05, 4.69) is 29.6 Å². The Morgan fingerprint density at radius 1 is 1.14 bits per heavy atom. The lowest BCUT2D eigenvalue weighted by molar-refractivity contribution is -0.112. The van der Waals surface area contributed by atoms with Crippen molar-refractivity contribution in [2.75, 3.05) is 6.61 Å². The number of aromatic nitrogens is 3. The van der Waals surface area contributed by atoms with Crippen molar-refractivity contribution in [3.8, 4) is 0 Å². The van der Waals surface area contributed by atoms with Crippen molar-refractivity contribution in [3.05, 3.63) is 47.8 Å². The van der Waals surface area contributed by atoms with Crippen molar-refractivity contribution < 1.29 is 18.6 Å². The summed E-state index contributed by atoms with van der Waals surface area (Å²) in [6.45, 7) is 7.77. The molecule has 1 aliphatic carbocycles. The minimum absolute atomic E-state index is 0.000610. The van der Waals surface area contributed by atoms with Gasteiger partial charge in [0.2, 0.25) is 5.92 Å². The molecule has 29 heavy (non-hydrogen) atoms. The molecule has 1 N–H and O–H groups in total. The first-order valence-corrected chi connectivity index (χ1v) is 13.9. The highest BCUT2D eigenvalue weighted by Crippen LogP contribution is 2.43. The lowest BCUT2D eigenvalue weighted by atomic mass is 9.82. The maximum absolute atomic E-state index is 13.7. The minimum Gasteiger partial charge on any atom is -0.382 e. The third kappa shape index (κ3) is 6.17. The van der Waals surface area contributed by atoms with Crippen molar-refractivity contribution in [2.24, 2.45) is 0 Å². The van der Waals surface area contributed by atoms with Gasteiger partial charge in [-0.2, -0.15) is 0 Å². The van der Waals surface area contributed by atoms with Crippen molar-refractivity contribution in [1.29, 1.82) is 0 Å². The fourth-order valence-corrected chi connectivity index (χ4v) is 4.29. The van der Waals surface area contributed by atoms with E-state index in [-0.39, 0.29) is 32.4 Å². The van der Waals surface area contributed by atoms with Crippen LogP contribution in [0.4, 0.5) is 8.78 Å². The molecule has 1 fully saturated rings. The van der Waals surface area contributed by atoms with Gasteiger partial charge in [-0.25, -0.2) is 13.8 Å². The summed E-state index contributed by atoms with van der Waals surface area (Å²) in [4.78, 5) is 8.68. The molecule has 0 atom stereocenters. The molecule has 0 aliphatic heterocycles. The molecule has 2 aromatic heterocycles. The molecule has 0 amide bonds. The SMILES string of the molecule is C[Si](C)(C)CCOCn1cc(Cc2ccncc2)nc1C1(O)CCC(F)(F)CC1. The number of rotatable bonds is 8. The standard InChI is InChI=1S/C21H31F2N3O2Si/c1-29(2,3)13-12-28-16-26-15-18(14-17-4-10-24-11-5-17)25-19(26)20(27)6-8-21(22,23)9-7-20/h4-5,10-11,15,27H,6-9,12-14,16H2,1-3H3. The van der Waals surface area contributed by atoms with Crippen LogP contribution in [-0.4, -0.2) is 40.2 Å². The molecule has 2 heterocycles. The van der Waals surface area contributed by atoms with Crippen LogP contribution in [0, 0.1) is 0 Å². The average molecular weight is 424 g/mol. The summed E-state index contributed by atoms with van der Waals surface area (Å²) < 4.78 is 35.0. The summed E-state index contributed by atoms with van der Waals surface area (Å²) in [5.41, 5.74) is 0.490. The van der Waals surface area contributed by atoms with E-state index in [4.69, 9.17) is 4.74 Å². The number of aliphatic hydroxyl groups is 1. The van der Waals surface area contributed by atoms with Gasteiger partial charge in [-0.1, -0.05) is 19.6 Å². The van der Waals surface area contributed by atoms with Crippen LogP contribution in [-0.2, 0) is 23.5 Å². The number of nitrogens with zero attached hydrogens (tertiary/aromatic N) is 3. The first-order valence-electron chi connectivity index (χ1n) is 10.2. The Morgan fingerprint density at radius 3 is 2.41 bits per heavy atom. The van der Waals surface area contributed by atoms with E-state index in [1.807, 2.05) is 18.3 Å². The summed E-state index contributed by atoms with van der Waals surface area (Å²) in [7, 11) is -1.21. The van der Waals surface area contributed by atoms with Crippen molar-refractivity contribution in [3.63, 3.8) is 0 Å². The van der Waals surface area contributed by atoms with Gasteiger partial charge in [-0.15, -0.1) is 0 Å². The number of hydrogen-bond acceptors (Lipinski definition) is 4. The zero-order valence-electron chi connectivity index (χ0n) is 17.5. The van der Waals surface area contributed by atoms with Gasteiger partial charge in [0, 0.05) is 52.5 Å². The van der Waals surface area contributed by atoms with Gasteiger partial charge in [-0.3, -0.25) is 4.98 Å². The lowest BCUT2D eigenvalue weighted by Gasteiger charge is -2.35. The van der Waals surface area contributed by atoms with Gasteiger partial charge in [0.05, 0.1) is 5.69 Å². The molecule has 3 rings (SSSR count). The highest BCUT2D eigenvalue weighted by atomic mass is 28.3. The Kier molecular flexibility index (Phi) is 6.55. The van der Waals surface area contributed by atoms with E-state index in [9.17, 15) is 13.9 Å². The van der Waals surface area contributed by atoms with Crippen LogP contribution in [0.1, 0.15) is 42.8 Å². The average Bonchev–Trinajstić information content (AvgIpc) is 3.05. The van der Waals surface area contributed by atoms with Gasteiger partial charge in [0.25, 0.3) is 0 Å². The molecule has 0 aromatic carbocycles. The molecule has 0 unspecified atom stereocenters. The van der Waals surface area contributed by atoms with E-state index in [0.29, 0.717) is 18.9 Å². The predicted octanol–water partition coefficient (Wildman–Crippen LogP) is 4.58. The molecular formula is C21H31F2N3O2Si. The quantitative estimate of drug-likeness (QED) is 0.499. The predicted molar refractivity (Wildman–Crippen MR) is 111 cm³/mol. The molecular weight excluding hydrogens is 392 g/mol. The van der Waals surface area contributed by atoms with Gasteiger partial charge >= 0.3 is 0 Å². The van der Waals surface area contributed by atoms with Crippen LogP contribution < -0.4 is 0 Å². The van der Waals surface area contributed by atoms with Crippen LogP contribution >= 0.6 is 0 Å². The Balaban J connectivity index is 1.78. The molecule has 8 heteroatoms. The van der Waals surface area contributed by atoms with Crippen LogP contribution in [0.5, 0.6) is 0 Å². The molecule has 0 bridgehead atoms. The smallest absolute Gasteiger partial charge is 0.248 e. The van der Waals surface area contributed by atoms with Crippen molar-refractivity contribution in [1.82, 2.24) is 14.5 Å². The minimum atomic E-state index is -2.71. The summed E-state index contributed by atoms with van der Waals surface area (Å²) in [6.07, 6.45) is 5.26. The first-order chi connectivity index (χ1) is 13.6. The fraction of sp³-hybridized carbons (Fsp3) is 0.619. The second-order valence-corrected chi connectivity index (χ2v) is 14.9. The van der Waals surface area contributed by atoms with E-state index >= 15 is 0 Å². The van der Waals surface area contributed by atoms with Crippen LogP contribution in [0.15, 0.2) is 30.7 Å². The summed E-state index contributed by atoms with van der Waals surface area (Å²) in [5.74, 6) is -2.28.